The molecular formula is C22H30N2O3. The fourth-order valence-electron chi connectivity index (χ4n) is 4.93. The van der Waals surface area contributed by atoms with Crippen LogP contribution in [0.2, 0.25) is 0 Å². The zero-order chi connectivity index (χ0) is 18.8. The lowest BCUT2D eigenvalue weighted by Crippen LogP contribution is -2.50. The maximum atomic E-state index is 13.3. The summed E-state index contributed by atoms with van der Waals surface area (Å²) in [5, 5.41) is 0. The van der Waals surface area contributed by atoms with Gasteiger partial charge >= 0.3 is 0 Å². The zero-order valence-corrected chi connectivity index (χ0v) is 16.3. The standard InChI is InChI=1S/C22H30N2O3/c1-27-19-10-9-16-11-13-23(15-18(16)14-19)22(26)20-8-5-12-24(20)21(25)17-6-3-2-4-7-17/h9-10,14,17,20H,2-8,11-13,15H2,1H3/t20-/m1/s1. The van der Waals surface area contributed by atoms with E-state index in [0.29, 0.717) is 6.54 Å². The number of carbonyl (C=O) groups is 2. The highest BCUT2D eigenvalue weighted by Gasteiger charge is 2.39. The minimum Gasteiger partial charge on any atom is -0.497 e. The van der Waals surface area contributed by atoms with Gasteiger partial charge in [-0.15, -0.1) is 0 Å². The van der Waals surface area contributed by atoms with Crippen molar-refractivity contribution in [1.29, 1.82) is 0 Å². The van der Waals surface area contributed by atoms with Crippen LogP contribution in [0.25, 0.3) is 0 Å². The highest BCUT2D eigenvalue weighted by molar-refractivity contribution is 5.89. The SMILES string of the molecule is COc1ccc2c(c1)CN(C(=O)[C@H]1CCCN1C(=O)C1CCCCC1)CC2. The second-order valence-electron chi connectivity index (χ2n) is 8.17. The van der Waals surface area contributed by atoms with E-state index in [1.165, 1.54) is 12.0 Å². The summed E-state index contributed by atoms with van der Waals surface area (Å²) in [5.74, 6) is 1.33. The normalized spacial score (nSPS) is 23.2. The van der Waals surface area contributed by atoms with Crippen LogP contribution < -0.4 is 4.74 Å². The van der Waals surface area contributed by atoms with Gasteiger partial charge in [-0.25, -0.2) is 0 Å². The average molecular weight is 370 g/mol. The van der Waals surface area contributed by atoms with E-state index >= 15 is 0 Å². The van der Waals surface area contributed by atoms with E-state index < -0.39 is 0 Å². The number of ether oxygens (including phenoxy) is 1. The Morgan fingerprint density at radius 1 is 0.963 bits per heavy atom. The van der Waals surface area contributed by atoms with Crippen LogP contribution in [-0.2, 0) is 22.6 Å². The van der Waals surface area contributed by atoms with E-state index in [2.05, 4.69) is 6.07 Å². The largest absolute Gasteiger partial charge is 0.497 e. The van der Waals surface area contributed by atoms with Crippen molar-refractivity contribution in [2.45, 2.75) is 64.0 Å². The molecule has 27 heavy (non-hydrogen) atoms. The van der Waals surface area contributed by atoms with Crippen LogP contribution in [0.4, 0.5) is 0 Å². The first-order valence-corrected chi connectivity index (χ1v) is 10.4. The summed E-state index contributed by atoms with van der Waals surface area (Å²) in [7, 11) is 1.67. The number of carbonyl (C=O) groups excluding carboxylic acids is 2. The van der Waals surface area contributed by atoms with Gasteiger partial charge in [0.1, 0.15) is 11.8 Å². The van der Waals surface area contributed by atoms with Gasteiger partial charge in [-0.1, -0.05) is 25.3 Å². The number of methoxy groups -OCH3 is 1. The third-order valence-corrected chi connectivity index (χ3v) is 6.51. The summed E-state index contributed by atoms with van der Waals surface area (Å²) >= 11 is 0. The molecule has 1 aliphatic carbocycles. The quantitative estimate of drug-likeness (QED) is 0.821. The van der Waals surface area contributed by atoms with E-state index in [4.69, 9.17) is 4.74 Å². The summed E-state index contributed by atoms with van der Waals surface area (Å²) in [6.45, 7) is 2.09. The van der Waals surface area contributed by atoms with Crippen LogP contribution in [0.3, 0.4) is 0 Å². The van der Waals surface area contributed by atoms with Crippen molar-refractivity contribution in [2.75, 3.05) is 20.2 Å². The molecule has 146 valence electrons. The summed E-state index contributed by atoms with van der Waals surface area (Å²) in [5.41, 5.74) is 2.46. The third-order valence-electron chi connectivity index (χ3n) is 6.51. The van der Waals surface area contributed by atoms with E-state index in [1.807, 2.05) is 21.9 Å². The van der Waals surface area contributed by atoms with Gasteiger partial charge < -0.3 is 14.5 Å². The van der Waals surface area contributed by atoms with Crippen LogP contribution in [0.5, 0.6) is 5.75 Å². The Bertz CT molecular complexity index is 712. The lowest BCUT2D eigenvalue weighted by Gasteiger charge is -2.35. The van der Waals surface area contributed by atoms with Crippen molar-refractivity contribution in [3.05, 3.63) is 29.3 Å². The molecule has 0 spiro atoms. The first-order chi connectivity index (χ1) is 13.2. The van der Waals surface area contributed by atoms with Gasteiger partial charge in [-0.3, -0.25) is 9.59 Å². The molecule has 5 heteroatoms. The monoisotopic (exact) mass is 370 g/mol. The van der Waals surface area contributed by atoms with Crippen molar-refractivity contribution < 1.29 is 14.3 Å². The Balaban J connectivity index is 1.46. The van der Waals surface area contributed by atoms with Crippen molar-refractivity contribution in [3.63, 3.8) is 0 Å². The molecule has 0 radical (unpaired) electrons. The van der Waals surface area contributed by atoms with E-state index in [-0.39, 0.29) is 23.8 Å². The molecule has 1 saturated heterocycles. The molecule has 0 N–H and O–H groups in total. The van der Waals surface area contributed by atoms with E-state index in [0.717, 1.165) is 69.3 Å². The molecule has 2 fully saturated rings. The molecule has 1 aromatic rings. The van der Waals surface area contributed by atoms with Gasteiger partial charge in [0.25, 0.3) is 0 Å². The smallest absolute Gasteiger partial charge is 0.245 e. The molecule has 0 bridgehead atoms. The summed E-state index contributed by atoms with van der Waals surface area (Å²) in [6, 6.07) is 5.86. The van der Waals surface area contributed by atoms with Crippen LogP contribution >= 0.6 is 0 Å². The molecule has 1 aromatic carbocycles. The minimum absolute atomic E-state index is 0.130. The lowest BCUT2D eigenvalue weighted by molar-refractivity contribution is -0.147. The fourth-order valence-corrected chi connectivity index (χ4v) is 4.93. The molecule has 5 nitrogen and oxygen atoms in total. The molecule has 2 amide bonds. The maximum Gasteiger partial charge on any atom is 0.245 e. The Labute approximate surface area is 161 Å². The van der Waals surface area contributed by atoms with Gasteiger partial charge in [-0.2, -0.15) is 0 Å². The van der Waals surface area contributed by atoms with Crippen LogP contribution in [0.15, 0.2) is 18.2 Å². The first-order valence-electron chi connectivity index (χ1n) is 10.4. The molecule has 4 rings (SSSR count). The average Bonchev–Trinajstić information content (AvgIpc) is 3.22. The molecule has 1 atom stereocenters. The van der Waals surface area contributed by atoms with Gasteiger partial charge in [0.15, 0.2) is 0 Å². The number of fused-ring (bicyclic) bond motifs is 1. The summed E-state index contributed by atoms with van der Waals surface area (Å²) in [4.78, 5) is 30.1. The number of rotatable bonds is 3. The van der Waals surface area contributed by atoms with Crippen LogP contribution in [-0.4, -0.2) is 47.9 Å². The van der Waals surface area contributed by atoms with Crippen LogP contribution in [0, 0.1) is 5.92 Å². The Morgan fingerprint density at radius 3 is 2.56 bits per heavy atom. The van der Waals surface area contributed by atoms with Gasteiger partial charge in [0, 0.05) is 25.6 Å². The van der Waals surface area contributed by atoms with Crippen molar-refractivity contribution in [2.24, 2.45) is 5.92 Å². The number of likely N-dealkylation sites (tertiary alicyclic amines) is 1. The van der Waals surface area contributed by atoms with Crippen molar-refractivity contribution >= 4 is 11.8 Å². The minimum atomic E-state index is -0.258. The number of nitrogens with zero attached hydrogens (tertiary/aromatic N) is 2. The Morgan fingerprint density at radius 2 is 1.78 bits per heavy atom. The van der Waals surface area contributed by atoms with Crippen molar-refractivity contribution in [1.82, 2.24) is 9.80 Å². The maximum absolute atomic E-state index is 13.3. The van der Waals surface area contributed by atoms with Crippen LogP contribution in [0.1, 0.15) is 56.1 Å². The second-order valence-corrected chi connectivity index (χ2v) is 8.17. The van der Waals surface area contributed by atoms with Gasteiger partial charge in [-0.05, 0) is 55.4 Å². The fraction of sp³-hybridized carbons (Fsp3) is 0.636. The van der Waals surface area contributed by atoms with Gasteiger partial charge in [0.05, 0.1) is 7.11 Å². The molecule has 0 aromatic heterocycles. The molecule has 1 saturated carbocycles. The molecule has 2 heterocycles. The van der Waals surface area contributed by atoms with E-state index in [1.54, 1.807) is 7.11 Å². The molecule has 3 aliphatic rings. The number of benzene rings is 1. The topological polar surface area (TPSA) is 49.9 Å². The summed E-state index contributed by atoms with van der Waals surface area (Å²) < 4.78 is 5.34. The Kier molecular flexibility index (Phi) is 5.37. The predicted molar refractivity (Wildman–Crippen MR) is 103 cm³/mol. The van der Waals surface area contributed by atoms with Crippen molar-refractivity contribution in [3.8, 4) is 5.75 Å². The summed E-state index contributed by atoms with van der Waals surface area (Å²) in [6.07, 6.45) is 8.13. The molecule has 2 aliphatic heterocycles. The number of hydrogen-bond donors (Lipinski definition) is 0. The van der Waals surface area contributed by atoms with E-state index in [9.17, 15) is 9.59 Å². The Hall–Kier alpha value is -2.04. The highest BCUT2D eigenvalue weighted by Crippen LogP contribution is 2.31. The highest BCUT2D eigenvalue weighted by atomic mass is 16.5. The number of amides is 2. The second kappa shape index (κ2) is 7.91. The first kappa shape index (κ1) is 18.3. The predicted octanol–water partition coefficient (Wildman–Crippen LogP) is 3.15. The molecular weight excluding hydrogens is 340 g/mol. The van der Waals surface area contributed by atoms with Gasteiger partial charge in [0.2, 0.25) is 11.8 Å². The number of hydrogen-bond acceptors (Lipinski definition) is 3. The lowest BCUT2D eigenvalue weighted by atomic mass is 9.88. The molecule has 0 unspecified atom stereocenters. The third kappa shape index (κ3) is 3.69. The zero-order valence-electron chi connectivity index (χ0n) is 16.3.